The summed E-state index contributed by atoms with van der Waals surface area (Å²) in [6.45, 7) is 0.269. The van der Waals surface area contributed by atoms with Crippen LogP contribution in [0.15, 0.2) is 131 Å². The quantitative estimate of drug-likeness (QED) is 0.164. The number of hydrogen-bond donors (Lipinski definition) is 1. The van der Waals surface area contributed by atoms with Crippen LogP contribution in [0.1, 0.15) is 11.1 Å². The van der Waals surface area contributed by atoms with E-state index in [4.69, 9.17) is 9.68 Å². The zero-order valence-electron chi connectivity index (χ0n) is 26.1. The normalized spacial score (nSPS) is 11.5. The topological polar surface area (TPSA) is 160 Å². The third-order valence-corrected chi connectivity index (χ3v) is 8.10. The summed E-state index contributed by atoms with van der Waals surface area (Å²) in [5.74, 6) is -0.792. The molecular weight excluding hydrogens is 693 g/mol. The lowest BCUT2D eigenvalue weighted by Gasteiger charge is -2.14. The molecule has 0 unspecified atom stereocenters. The molecule has 0 amide bonds. The van der Waals surface area contributed by atoms with Crippen LogP contribution < -0.4 is 25.0 Å². The highest BCUT2D eigenvalue weighted by molar-refractivity contribution is 7.88. The van der Waals surface area contributed by atoms with Crippen molar-refractivity contribution in [3.8, 4) is 16.9 Å². The summed E-state index contributed by atoms with van der Waals surface area (Å²) in [6.07, 6.45) is 6.34. The van der Waals surface area contributed by atoms with E-state index in [2.05, 4.69) is 24.3 Å². The number of aromatic nitrogens is 6. The zero-order chi connectivity index (χ0) is 36.0. The second-order valence-corrected chi connectivity index (χ2v) is 12.1. The van der Waals surface area contributed by atoms with E-state index < -0.39 is 26.9 Å². The van der Waals surface area contributed by atoms with E-state index in [-0.39, 0.29) is 29.8 Å². The second kappa shape index (κ2) is 14.6. The van der Waals surface area contributed by atoms with Gasteiger partial charge in [-0.05, 0) is 35.4 Å². The van der Waals surface area contributed by atoms with Crippen LogP contribution in [0.5, 0.6) is 5.75 Å². The van der Waals surface area contributed by atoms with Gasteiger partial charge in [0.05, 0.1) is 17.6 Å². The van der Waals surface area contributed by atoms with E-state index in [1.807, 2.05) is 42.5 Å². The highest BCUT2D eigenvalue weighted by Gasteiger charge is 2.49. The third-order valence-electron chi connectivity index (χ3n) is 7.13. The van der Waals surface area contributed by atoms with Gasteiger partial charge in [-0.1, -0.05) is 60.7 Å². The molecule has 2 aromatic carbocycles. The van der Waals surface area contributed by atoms with E-state index in [9.17, 15) is 31.2 Å². The molecule has 5 heterocycles. The Bertz CT molecular complexity index is 2510. The first-order valence-corrected chi connectivity index (χ1v) is 16.3. The van der Waals surface area contributed by atoms with Crippen molar-refractivity contribution < 1.29 is 35.4 Å². The molecule has 0 aliphatic rings. The molecule has 5 aromatic heterocycles. The lowest BCUT2D eigenvalue weighted by molar-refractivity contribution is -0.0499. The summed E-state index contributed by atoms with van der Waals surface area (Å²) in [4.78, 5) is 44.1. The molecule has 0 aliphatic heterocycles. The number of pyridine rings is 4. The first-order valence-electron chi connectivity index (χ1n) is 14.9. The summed E-state index contributed by atoms with van der Waals surface area (Å²) < 4.78 is 66.4. The van der Waals surface area contributed by atoms with Crippen molar-refractivity contribution in [2.75, 3.05) is 0 Å². The fraction of sp³-hybridized carbons (Fsp3) is 0.0882. The average Bonchev–Trinajstić information content (AvgIpc) is 3.67. The zero-order valence-corrected chi connectivity index (χ0v) is 26.9. The predicted molar refractivity (Wildman–Crippen MR) is 179 cm³/mol. The van der Waals surface area contributed by atoms with Crippen LogP contribution in [0.25, 0.3) is 33.2 Å². The van der Waals surface area contributed by atoms with Gasteiger partial charge in [0.1, 0.15) is 13.2 Å². The monoisotopic (exact) mass is 718 g/mol. The number of fused-ring (bicyclic) bond motifs is 2. The Morgan fingerprint density at radius 2 is 1.24 bits per heavy atom. The molecular formula is C34H25F3N6O7S. The second-order valence-electron chi connectivity index (χ2n) is 10.6. The van der Waals surface area contributed by atoms with Gasteiger partial charge >= 0.3 is 15.6 Å². The first kappa shape index (κ1) is 34.4. The maximum atomic E-state index is 12.6. The Morgan fingerprint density at radius 1 is 0.706 bits per heavy atom. The maximum Gasteiger partial charge on any atom is 0.534 e. The van der Waals surface area contributed by atoms with Crippen molar-refractivity contribution in [1.29, 1.82) is 0 Å². The van der Waals surface area contributed by atoms with Crippen molar-refractivity contribution in [3.63, 3.8) is 0 Å². The van der Waals surface area contributed by atoms with Crippen LogP contribution in [-0.4, -0.2) is 43.6 Å². The Hall–Kier alpha value is -6.49. The van der Waals surface area contributed by atoms with Crippen LogP contribution in [0.4, 0.5) is 13.2 Å². The van der Waals surface area contributed by atoms with Gasteiger partial charge in [0.25, 0.3) is 11.1 Å². The van der Waals surface area contributed by atoms with E-state index >= 15 is 0 Å². The standard InChI is InChI=1S/C18H14N4O2.C16H11F3N2O5S/c23-17-9-16(14-10-20-21-11-14)15-7-4-8-19-18(15)22(17)24-12-13-5-2-1-3-6-13;17-16(18,19)27(23,24)26-13-9-14(22)21(15-12(13)7-4-8-20-15)25-10-11-5-2-1-3-6-11/h1-11H,12H2,(H,20,21);1-9H,10H2. The predicted octanol–water partition coefficient (Wildman–Crippen LogP) is 4.67. The van der Waals surface area contributed by atoms with Gasteiger partial charge in [-0.2, -0.15) is 26.7 Å². The number of nitrogens with one attached hydrogen (secondary N) is 1. The molecule has 51 heavy (non-hydrogen) atoms. The third kappa shape index (κ3) is 7.73. The number of rotatable bonds is 9. The fourth-order valence-electron chi connectivity index (χ4n) is 4.78. The average molecular weight is 719 g/mol. The van der Waals surface area contributed by atoms with Crippen LogP contribution in [0.3, 0.4) is 0 Å². The molecule has 7 rings (SSSR count). The smallest absolute Gasteiger partial charge is 0.404 e. The van der Waals surface area contributed by atoms with Gasteiger partial charge in [-0.3, -0.25) is 14.7 Å². The molecule has 13 nitrogen and oxygen atoms in total. The molecule has 0 aliphatic carbocycles. The number of alkyl halides is 3. The summed E-state index contributed by atoms with van der Waals surface area (Å²) in [6, 6.07) is 27.0. The van der Waals surface area contributed by atoms with Crippen molar-refractivity contribution in [2.24, 2.45) is 0 Å². The molecule has 1 N–H and O–H groups in total. The van der Waals surface area contributed by atoms with E-state index in [0.29, 0.717) is 11.7 Å². The van der Waals surface area contributed by atoms with Crippen molar-refractivity contribution in [2.45, 2.75) is 18.7 Å². The largest absolute Gasteiger partial charge is 0.534 e. The van der Waals surface area contributed by atoms with Gasteiger partial charge in [-0.25, -0.2) is 9.97 Å². The van der Waals surface area contributed by atoms with E-state index in [1.54, 1.807) is 55.0 Å². The molecule has 0 fully saturated rings. The summed E-state index contributed by atoms with van der Waals surface area (Å²) >= 11 is 0. The number of benzene rings is 2. The number of H-pyrrole nitrogens is 1. The van der Waals surface area contributed by atoms with E-state index in [1.165, 1.54) is 23.1 Å². The molecule has 0 spiro atoms. The van der Waals surface area contributed by atoms with Gasteiger partial charge < -0.3 is 13.9 Å². The van der Waals surface area contributed by atoms with Gasteiger partial charge in [0.2, 0.25) is 0 Å². The van der Waals surface area contributed by atoms with Crippen LogP contribution in [0, 0.1) is 0 Å². The molecule has 0 atom stereocenters. The van der Waals surface area contributed by atoms with Crippen LogP contribution in [0.2, 0.25) is 0 Å². The molecule has 260 valence electrons. The number of halogens is 3. The maximum absolute atomic E-state index is 12.6. The first-order chi connectivity index (χ1) is 24.5. The minimum absolute atomic E-state index is 0.0204. The molecule has 0 saturated heterocycles. The number of hydrogen-bond acceptors (Lipinski definition) is 10. The Morgan fingerprint density at radius 3 is 1.76 bits per heavy atom. The van der Waals surface area contributed by atoms with Crippen LogP contribution >= 0.6 is 0 Å². The highest BCUT2D eigenvalue weighted by atomic mass is 32.2. The van der Waals surface area contributed by atoms with Crippen molar-refractivity contribution >= 4 is 32.2 Å². The Labute approximate surface area is 286 Å². The van der Waals surface area contributed by atoms with Crippen molar-refractivity contribution in [3.05, 3.63) is 154 Å². The molecule has 0 saturated carbocycles. The summed E-state index contributed by atoms with van der Waals surface area (Å²) in [5.41, 5.74) is -3.24. The SMILES string of the molecule is O=c1cc(-c2cn[nH]c2)c2cccnc2n1OCc1ccccc1.O=c1cc(OS(=O)(=O)C(F)(F)F)c2cccnc2n1OCc1ccccc1. The van der Waals surface area contributed by atoms with Gasteiger partial charge in [0, 0.05) is 41.2 Å². The summed E-state index contributed by atoms with van der Waals surface area (Å²) in [5, 5.41) is 7.40. The molecule has 0 bridgehead atoms. The minimum atomic E-state index is -5.94. The van der Waals surface area contributed by atoms with E-state index in [0.717, 1.165) is 32.4 Å². The molecule has 7 aromatic rings. The number of aromatic amines is 1. The Balaban J connectivity index is 0.000000177. The Kier molecular flexibility index (Phi) is 9.81. The van der Waals surface area contributed by atoms with Gasteiger partial charge in [0.15, 0.2) is 17.0 Å². The summed E-state index contributed by atoms with van der Waals surface area (Å²) in [7, 11) is -5.94. The number of nitrogens with zero attached hydrogens (tertiary/aromatic N) is 5. The lowest BCUT2D eigenvalue weighted by atomic mass is 10.1. The highest BCUT2D eigenvalue weighted by Crippen LogP contribution is 2.30. The van der Waals surface area contributed by atoms with Crippen LogP contribution in [-0.2, 0) is 23.3 Å². The fourth-order valence-corrected chi connectivity index (χ4v) is 5.25. The van der Waals surface area contributed by atoms with Gasteiger partial charge in [-0.15, -0.1) is 9.46 Å². The molecule has 0 radical (unpaired) electrons. The lowest BCUT2D eigenvalue weighted by Crippen LogP contribution is -2.30. The minimum Gasteiger partial charge on any atom is -0.404 e. The van der Waals surface area contributed by atoms with Crippen molar-refractivity contribution in [1.82, 2.24) is 29.6 Å². The molecule has 17 heteroatoms.